The predicted molar refractivity (Wildman–Crippen MR) is 70.6 cm³/mol. The number of benzene rings is 1. The second kappa shape index (κ2) is 4.92. The Labute approximate surface area is 98.6 Å². The molecule has 0 fully saturated rings. The summed E-state index contributed by atoms with van der Waals surface area (Å²) in [6, 6.07) is 4.57. The number of rotatable bonds is 2. The standard InChI is InChI=1S/C13H20BNO/c1-9-8-15-5-4-10-6-13(16-3)12(14-2)7-11(9)10/h6-7,9,14-15H,4-5,8H2,1-3H3. The monoisotopic (exact) mass is 217 g/mol. The van der Waals surface area contributed by atoms with Crippen LogP contribution in [-0.4, -0.2) is 27.5 Å². The molecule has 2 rings (SSSR count). The zero-order valence-electron chi connectivity index (χ0n) is 10.5. The third-order valence-corrected chi connectivity index (χ3v) is 3.48. The summed E-state index contributed by atoms with van der Waals surface area (Å²) in [6.45, 7) is 6.64. The van der Waals surface area contributed by atoms with Gasteiger partial charge in [0.25, 0.3) is 0 Å². The van der Waals surface area contributed by atoms with Crippen molar-refractivity contribution >= 4 is 12.7 Å². The van der Waals surface area contributed by atoms with E-state index in [1.807, 2.05) is 0 Å². The third kappa shape index (κ3) is 2.10. The Morgan fingerprint density at radius 1 is 1.44 bits per heavy atom. The van der Waals surface area contributed by atoms with E-state index in [0.29, 0.717) is 5.92 Å². The van der Waals surface area contributed by atoms with Gasteiger partial charge in [0.2, 0.25) is 0 Å². The van der Waals surface area contributed by atoms with Gasteiger partial charge in [-0.1, -0.05) is 19.8 Å². The van der Waals surface area contributed by atoms with Crippen LogP contribution in [-0.2, 0) is 6.42 Å². The Hall–Kier alpha value is -0.955. The number of methoxy groups -OCH3 is 1. The fraction of sp³-hybridized carbons (Fsp3) is 0.538. The lowest BCUT2D eigenvalue weighted by molar-refractivity contribution is 0.417. The molecule has 0 saturated carbocycles. The average Bonchev–Trinajstić information content (AvgIpc) is 2.49. The highest BCUT2D eigenvalue weighted by atomic mass is 16.5. The summed E-state index contributed by atoms with van der Waals surface area (Å²) in [5.41, 5.74) is 4.28. The fourth-order valence-corrected chi connectivity index (χ4v) is 2.48. The van der Waals surface area contributed by atoms with Crippen molar-refractivity contribution in [1.29, 1.82) is 0 Å². The molecule has 1 atom stereocenters. The van der Waals surface area contributed by atoms with Crippen LogP contribution in [0.15, 0.2) is 12.1 Å². The molecule has 1 aliphatic rings. The van der Waals surface area contributed by atoms with E-state index in [1.165, 1.54) is 16.6 Å². The molecule has 0 spiro atoms. The van der Waals surface area contributed by atoms with Gasteiger partial charge in [0, 0.05) is 6.54 Å². The van der Waals surface area contributed by atoms with Crippen LogP contribution in [0.1, 0.15) is 24.0 Å². The Morgan fingerprint density at radius 3 is 2.94 bits per heavy atom. The summed E-state index contributed by atoms with van der Waals surface area (Å²) >= 11 is 0. The first-order valence-electron chi connectivity index (χ1n) is 6.16. The van der Waals surface area contributed by atoms with Crippen LogP contribution in [0.25, 0.3) is 0 Å². The minimum atomic E-state index is 0.605. The molecule has 2 nitrogen and oxygen atoms in total. The van der Waals surface area contributed by atoms with Crippen LogP contribution in [0.4, 0.5) is 0 Å². The van der Waals surface area contributed by atoms with Crippen molar-refractivity contribution in [3.63, 3.8) is 0 Å². The third-order valence-electron chi connectivity index (χ3n) is 3.48. The molecule has 3 heteroatoms. The highest BCUT2D eigenvalue weighted by molar-refractivity contribution is 6.53. The second-order valence-electron chi connectivity index (χ2n) is 4.57. The Morgan fingerprint density at radius 2 is 2.25 bits per heavy atom. The number of ether oxygens (including phenoxy) is 1. The van der Waals surface area contributed by atoms with Crippen LogP contribution >= 0.6 is 0 Å². The van der Waals surface area contributed by atoms with Crippen molar-refractivity contribution in [3.8, 4) is 5.75 Å². The summed E-state index contributed by atoms with van der Waals surface area (Å²) in [5.74, 6) is 1.66. The zero-order valence-corrected chi connectivity index (χ0v) is 10.5. The first kappa shape index (κ1) is 11.5. The van der Waals surface area contributed by atoms with Crippen LogP contribution in [0.2, 0.25) is 6.82 Å². The molecule has 1 aliphatic heterocycles. The van der Waals surface area contributed by atoms with E-state index in [4.69, 9.17) is 4.74 Å². The van der Waals surface area contributed by atoms with E-state index in [9.17, 15) is 0 Å². The van der Waals surface area contributed by atoms with E-state index in [-0.39, 0.29) is 0 Å². The van der Waals surface area contributed by atoms with Gasteiger partial charge in [-0.15, -0.1) is 0 Å². The molecular formula is C13H20BNO. The lowest BCUT2D eigenvalue weighted by Crippen LogP contribution is -2.19. The van der Waals surface area contributed by atoms with Gasteiger partial charge in [0.15, 0.2) is 7.28 Å². The molecule has 1 aromatic rings. The van der Waals surface area contributed by atoms with Gasteiger partial charge < -0.3 is 10.1 Å². The topological polar surface area (TPSA) is 21.3 Å². The zero-order chi connectivity index (χ0) is 11.5. The molecule has 1 aromatic carbocycles. The maximum atomic E-state index is 5.46. The number of nitrogens with one attached hydrogen (secondary N) is 1. The molecule has 16 heavy (non-hydrogen) atoms. The minimum Gasteiger partial charge on any atom is -0.497 e. The summed E-state index contributed by atoms with van der Waals surface area (Å²) in [5, 5.41) is 3.48. The van der Waals surface area contributed by atoms with Gasteiger partial charge in [-0.3, -0.25) is 0 Å². The van der Waals surface area contributed by atoms with Gasteiger partial charge >= 0.3 is 0 Å². The first-order valence-corrected chi connectivity index (χ1v) is 6.16. The lowest BCUT2D eigenvalue weighted by Gasteiger charge is -2.16. The Kier molecular flexibility index (Phi) is 3.54. The molecule has 0 aliphatic carbocycles. The molecule has 1 unspecified atom stereocenters. The average molecular weight is 217 g/mol. The van der Waals surface area contributed by atoms with E-state index in [2.05, 4.69) is 31.2 Å². The lowest BCUT2D eigenvalue weighted by atomic mass is 9.71. The molecule has 1 heterocycles. The SMILES string of the molecule is CBc1cc2c(cc1OC)CCNCC2C. The number of fused-ring (bicyclic) bond motifs is 1. The van der Waals surface area contributed by atoms with E-state index < -0.39 is 0 Å². The van der Waals surface area contributed by atoms with Crippen LogP contribution in [0.3, 0.4) is 0 Å². The first-order chi connectivity index (χ1) is 7.76. The van der Waals surface area contributed by atoms with Crippen LogP contribution < -0.4 is 15.5 Å². The second-order valence-corrected chi connectivity index (χ2v) is 4.57. The van der Waals surface area contributed by atoms with E-state index in [0.717, 1.165) is 32.5 Å². The van der Waals surface area contributed by atoms with Crippen molar-refractivity contribution in [2.45, 2.75) is 26.1 Å². The normalized spacial score (nSPS) is 19.8. The van der Waals surface area contributed by atoms with E-state index in [1.54, 1.807) is 7.11 Å². The quantitative estimate of drug-likeness (QED) is 0.748. The minimum absolute atomic E-state index is 0.605. The smallest absolute Gasteiger partial charge is 0.159 e. The molecule has 0 radical (unpaired) electrons. The molecule has 0 bridgehead atoms. The largest absolute Gasteiger partial charge is 0.497 e. The molecule has 0 saturated heterocycles. The van der Waals surface area contributed by atoms with Crippen molar-refractivity contribution in [3.05, 3.63) is 23.3 Å². The summed E-state index contributed by atoms with van der Waals surface area (Å²) in [6.07, 6.45) is 1.11. The highest BCUT2D eigenvalue weighted by Gasteiger charge is 2.17. The molecular weight excluding hydrogens is 197 g/mol. The summed E-state index contributed by atoms with van der Waals surface area (Å²) in [4.78, 5) is 0. The molecule has 86 valence electrons. The highest BCUT2D eigenvalue weighted by Crippen LogP contribution is 2.24. The molecule has 0 aromatic heterocycles. The number of hydrogen-bond acceptors (Lipinski definition) is 2. The summed E-state index contributed by atoms with van der Waals surface area (Å²) < 4.78 is 5.46. The van der Waals surface area contributed by atoms with Crippen molar-refractivity contribution in [2.75, 3.05) is 20.2 Å². The van der Waals surface area contributed by atoms with Crippen molar-refractivity contribution in [1.82, 2.24) is 5.32 Å². The van der Waals surface area contributed by atoms with Gasteiger partial charge in [-0.2, -0.15) is 0 Å². The van der Waals surface area contributed by atoms with Crippen molar-refractivity contribution < 1.29 is 4.74 Å². The number of hydrogen-bond donors (Lipinski definition) is 1. The maximum absolute atomic E-state index is 5.46. The van der Waals surface area contributed by atoms with Gasteiger partial charge in [-0.05, 0) is 41.5 Å². The maximum Gasteiger partial charge on any atom is 0.159 e. The van der Waals surface area contributed by atoms with Crippen LogP contribution in [0, 0.1) is 0 Å². The van der Waals surface area contributed by atoms with Crippen molar-refractivity contribution in [2.24, 2.45) is 0 Å². The Bertz CT molecular complexity index is 378. The van der Waals surface area contributed by atoms with E-state index >= 15 is 0 Å². The van der Waals surface area contributed by atoms with Gasteiger partial charge in [-0.25, -0.2) is 0 Å². The van der Waals surface area contributed by atoms with Gasteiger partial charge in [0.1, 0.15) is 5.75 Å². The van der Waals surface area contributed by atoms with Gasteiger partial charge in [0.05, 0.1) is 7.11 Å². The fourth-order valence-electron chi connectivity index (χ4n) is 2.48. The molecule has 1 N–H and O–H groups in total. The predicted octanol–water partition coefficient (Wildman–Crippen LogP) is 1.05. The molecule has 0 amide bonds. The Balaban J connectivity index is 2.47. The van der Waals surface area contributed by atoms with Crippen LogP contribution in [0.5, 0.6) is 5.75 Å². The summed E-state index contributed by atoms with van der Waals surface area (Å²) in [7, 11) is 2.80.